The van der Waals surface area contributed by atoms with Gasteiger partial charge in [0.2, 0.25) is 0 Å². The Balaban J connectivity index is 2.63. The first-order valence-corrected chi connectivity index (χ1v) is 6.39. The average Bonchev–Trinajstić information content (AvgIpc) is 2.64. The average molecular weight is 241 g/mol. The van der Waals surface area contributed by atoms with Gasteiger partial charge in [-0.15, -0.1) is 11.3 Å². The number of thiophene rings is 1. The molecule has 1 rings (SSSR count). The predicted octanol–water partition coefficient (Wildman–Crippen LogP) is 3.58. The van der Waals surface area contributed by atoms with E-state index in [1.165, 1.54) is 0 Å². The highest BCUT2D eigenvalue weighted by molar-refractivity contribution is 7.10. The molecule has 0 aromatic carbocycles. The van der Waals surface area contributed by atoms with Gasteiger partial charge >= 0.3 is 6.09 Å². The Hall–Kier alpha value is -1.03. The minimum atomic E-state index is -0.345. The van der Waals surface area contributed by atoms with Gasteiger partial charge in [0.1, 0.15) is 0 Å². The van der Waals surface area contributed by atoms with Crippen LogP contribution in [0.4, 0.5) is 4.79 Å². The quantitative estimate of drug-likeness (QED) is 0.875. The minimum Gasteiger partial charge on any atom is -0.447 e. The van der Waals surface area contributed by atoms with Crippen LogP contribution in [-0.4, -0.2) is 12.2 Å². The van der Waals surface area contributed by atoms with Gasteiger partial charge in [-0.3, -0.25) is 0 Å². The van der Waals surface area contributed by atoms with E-state index in [0.717, 1.165) is 4.88 Å². The van der Waals surface area contributed by atoms with E-state index in [9.17, 15) is 4.79 Å². The summed E-state index contributed by atoms with van der Waals surface area (Å²) in [6.45, 7) is 7.85. The molecular formula is C12H19NO2S. The molecule has 1 aromatic rings. The smallest absolute Gasteiger partial charge is 0.407 e. The Bertz CT molecular complexity index is 320. The van der Waals surface area contributed by atoms with E-state index in [0.29, 0.717) is 5.92 Å². The van der Waals surface area contributed by atoms with Crippen molar-refractivity contribution in [3.63, 3.8) is 0 Å². The fraction of sp³-hybridized carbons (Fsp3) is 0.583. The third-order valence-electron chi connectivity index (χ3n) is 2.13. The van der Waals surface area contributed by atoms with Gasteiger partial charge in [-0.2, -0.15) is 0 Å². The van der Waals surface area contributed by atoms with Gasteiger partial charge in [0, 0.05) is 4.88 Å². The van der Waals surface area contributed by atoms with Crippen LogP contribution in [0.1, 0.15) is 38.6 Å². The number of ether oxygens (including phenoxy) is 1. The van der Waals surface area contributed by atoms with Crippen LogP contribution in [0.3, 0.4) is 0 Å². The van der Waals surface area contributed by atoms with E-state index < -0.39 is 0 Å². The Morgan fingerprint density at radius 2 is 2.06 bits per heavy atom. The summed E-state index contributed by atoms with van der Waals surface area (Å²) in [5.41, 5.74) is 0. The number of hydrogen-bond acceptors (Lipinski definition) is 3. The summed E-state index contributed by atoms with van der Waals surface area (Å²) in [5.74, 6) is 0.346. The lowest BCUT2D eigenvalue weighted by atomic mass is 10.0. The maximum atomic E-state index is 11.5. The molecule has 0 aliphatic rings. The molecule has 0 spiro atoms. The Labute approximate surface area is 101 Å². The lowest BCUT2D eigenvalue weighted by molar-refractivity contribution is 0.110. The molecule has 1 atom stereocenters. The van der Waals surface area contributed by atoms with Crippen LogP contribution in [0.2, 0.25) is 0 Å². The summed E-state index contributed by atoms with van der Waals surface area (Å²) in [5, 5.41) is 4.91. The van der Waals surface area contributed by atoms with Crippen LogP contribution in [0.25, 0.3) is 0 Å². The van der Waals surface area contributed by atoms with Crippen molar-refractivity contribution in [2.75, 3.05) is 0 Å². The molecule has 3 nitrogen and oxygen atoms in total. The second-order valence-corrected chi connectivity index (χ2v) is 5.31. The van der Waals surface area contributed by atoms with Crippen molar-refractivity contribution < 1.29 is 9.53 Å². The summed E-state index contributed by atoms with van der Waals surface area (Å²) >= 11 is 1.65. The van der Waals surface area contributed by atoms with Crippen molar-refractivity contribution in [3.05, 3.63) is 22.4 Å². The van der Waals surface area contributed by atoms with Crippen molar-refractivity contribution in [1.29, 1.82) is 0 Å². The molecule has 0 saturated heterocycles. The molecule has 1 heterocycles. The molecular weight excluding hydrogens is 222 g/mol. The van der Waals surface area contributed by atoms with Crippen LogP contribution >= 0.6 is 11.3 Å². The maximum Gasteiger partial charge on any atom is 0.407 e. The first kappa shape index (κ1) is 13.0. The second-order valence-electron chi connectivity index (χ2n) is 4.34. The predicted molar refractivity (Wildman–Crippen MR) is 66.7 cm³/mol. The first-order valence-electron chi connectivity index (χ1n) is 5.51. The summed E-state index contributed by atoms with van der Waals surface area (Å²) in [6.07, 6.45) is -0.432. The molecule has 0 radical (unpaired) electrons. The summed E-state index contributed by atoms with van der Waals surface area (Å²) in [4.78, 5) is 12.7. The highest BCUT2D eigenvalue weighted by Gasteiger charge is 2.20. The number of rotatable bonds is 4. The Morgan fingerprint density at radius 1 is 1.38 bits per heavy atom. The third kappa shape index (κ3) is 3.85. The van der Waals surface area contributed by atoms with Gasteiger partial charge in [-0.1, -0.05) is 19.9 Å². The van der Waals surface area contributed by atoms with Crippen molar-refractivity contribution in [3.8, 4) is 0 Å². The number of nitrogens with one attached hydrogen (secondary N) is 1. The van der Waals surface area contributed by atoms with Crippen LogP contribution < -0.4 is 5.32 Å². The highest BCUT2D eigenvalue weighted by atomic mass is 32.1. The van der Waals surface area contributed by atoms with E-state index >= 15 is 0 Å². The molecule has 0 aliphatic heterocycles. The fourth-order valence-corrected chi connectivity index (χ4v) is 2.36. The van der Waals surface area contributed by atoms with Crippen LogP contribution in [0.5, 0.6) is 0 Å². The summed E-state index contributed by atoms with van der Waals surface area (Å²) in [7, 11) is 0. The largest absolute Gasteiger partial charge is 0.447 e. The van der Waals surface area contributed by atoms with Crippen molar-refractivity contribution >= 4 is 17.4 Å². The highest BCUT2D eigenvalue weighted by Crippen LogP contribution is 2.25. The zero-order chi connectivity index (χ0) is 12.1. The number of amides is 1. The monoisotopic (exact) mass is 241 g/mol. The minimum absolute atomic E-state index is 0.0336. The van der Waals surface area contributed by atoms with Gasteiger partial charge in [-0.05, 0) is 31.2 Å². The number of hydrogen-bond donors (Lipinski definition) is 1. The number of carbonyl (C=O) groups excluding carboxylic acids is 1. The van der Waals surface area contributed by atoms with Gasteiger partial charge in [0.05, 0.1) is 12.1 Å². The van der Waals surface area contributed by atoms with Crippen molar-refractivity contribution in [1.82, 2.24) is 5.32 Å². The molecule has 0 aliphatic carbocycles. The normalized spacial score (nSPS) is 12.9. The molecule has 1 N–H and O–H groups in total. The third-order valence-corrected chi connectivity index (χ3v) is 3.09. The molecule has 16 heavy (non-hydrogen) atoms. The van der Waals surface area contributed by atoms with Gasteiger partial charge in [-0.25, -0.2) is 4.79 Å². The fourth-order valence-electron chi connectivity index (χ4n) is 1.41. The zero-order valence-corrected chi connectivity index (χ0v) is 11.0. The lowest BCUT2D eigenvalue weighted by Gasteiger charge is -2.21. The lowest BCUT2D eigenvalue weighted by Crippen LogP contribution is -2.33. The molecule has 0 saturated carbocycles. The van der Waals surface area contributed by atoms with Crippen LogP contribution in [-0.2, 0) is 4.74 Å². The van der Waals surface area contributed by atoms with E-state index in [4.69, 9.17) is 4.74 Å². The van der Waals surface area contributed by atoms with Gasteiger partial charge < -0.3 is 10.1 Å². The van der Waals surface area contributed by atoms with Crippen molar-refractivity contribution in [2.24, 2.45) is 5.92 Å². The second kappa shape index (κ2) is 5.89. The molecule has 1 aromatic heterocycles. The molecule has 4 heteroatoms. The summed E-state index contributed by atoms with van der Waals surface area (Å²) < 4.78 is 5.08. The first-order chi connectivity index (χ1) is 7.50. The molecule has 1 unspecified atom stereocenters. The molecule has 90 valence electrons. The molecule has 0 bridgehead atoms. The van der Waals surface area contributed by atoms with Gasteiger partial charge in [0.25, 0.3) is 0 Å². The van der Waals surface area contributed by atoms with Crippen LogP contribution in [0, 0.1) is 5.92 Å². The molecule has 1 amide bonds. The Kier molecular flexibility index (Phi) is 4.80. The summed E-state index contributed by atoms with van der Waals surface area (Å²) in [6, 6.07) is 4.06. The zero-order valence-electron chi connectivity index (χ0n) is 10.2. The topological polar surface area (TPSA) is 38.3 Å². The van der Waals surface area contributed by atoms with E-state index in [-0.39, 0.29) is 18.2 Å². The number of alkyl carbamates (subject to hydrolysis) is 1. The standard InChI is InChI=1S/C12H19NO2S/c1-8(2)11(10-6-5-7-16-10)13-12(14)15-9(3)4/h5-9,11H,1-4H3,(H,13,14). The van der Waals surface area contributed by atoms with E-state index in [1.807, 2.05) is 31.4 Å². The Morgan fingerprint density at radius 3 is 2.50 bits per heavy atom. The van der Waals surface area contributed by atoms with Crippen molar-refractivity contribution in [2.45, 2.75) is 39.8 Å². The SMILES string of the molecule is CC(C)OC(=O)NC(c1cccs1)C(C)C. The van der Waals surface area contributed by atoms with E-state index in [2.05, 4.69) is 19.2 Å². The molecule has 0 fully saturated rings. The maximum absolute atomic E-state index is 11.5. The van der Waals surface area contributed by atoms with Gasteiger partial charge in [0.15, 0.2) is 0 Å². The number of carbonyl (C=O) groups is 1. The van der Waals surface area contributed by atoms with Crippen LogP contribution in [0.15, 0.2) is 17.5 Å². The van der Waals surface area contributed by atoms with E-state index in [1.54, 1.807) is 11.3 Å².